The largest absolute Gasteiger partial charge is 0.338 e. The second-order valence-corrected chi connectivity index (χ2v) is 8.81. The minimum Gasteiger partial charge on any atom is -0.333 e. The van der Waals surface area contributed by atoms with Gasteiger partial charge in [0.05, 0.1) is 5.54 Å². The Morgan fingerprint density at radius 1 is 1.07 bits per heavy atom. The van der Waals surface area contributed by atoms with Crippen LogP contribution in [0.1, 0.15) is 69.4 Å². The summed E-state index contributed by atoms with van der Waals surface area (Å²) in [6.07, 6.45) is 4.14. The van der Waals surface area contributed by atoms with Crippen molar-refractivity contribution in [3.05, 3.63) is 71.8 Å². The summed E-state index contributed by atoms with van der Waals surface area (Å²) in [5.74, 6) is 0.546. The zero-order chi connectivity index (χ0) is 20.4. The maximum Gasteiger partial charge on any atom is 0.338 e. The molecule has 2 amide bonds. The van der Waals surface area contributed by atoms with E-state index in [1.165, 1.54) is 11.1 Å². The third kappa shape index (κ3) is 3.93. The van der Waals surface area contributed by atoms with Crippen LogP contribution in [0.25, 0.3) is 0 Å². The lowest BCUT2D eigenvalue weighted by Crippen LogP contribution is -2.49. The maximum absolute atomic E-state index is 13.2. The second kappa shape index (κ2) is 8.02. The van der Waals surface area contributed by atoms with Crippen LogP contribution in [-0.2, 0) is 0 Å². The van der Waals surface area contributed by atoms with Gasteiger partial charge in [0.25, 0.3) is 0 Å². The molecule has 4 nitrogen and oxygen atoms in total. The van der Waals surface area contributed by atoms with Gasteiger partial charge < -0.3 is 5.32 Å². The zero-order valence-corrected chi connectivity index (χ0v) is 17.6. The topological polar surface area (TPSA) is 44.7 Å². The molecule has 1 N–H and O–H groups in total. The number of carbonyl (C=O) groups is 1. The molecule has 2 aliphatic rings. The SMILES string of the molecule is CCCCC1=NN(C(=O)NC2CC2c2ccccc2)C(C)(C)C1c1ccccc1. The van der Waals surface area contributed by atoms with Crippen LogP contribution < -0.4 is 5.32 Å². The molecule has 1 fully saturated rings. The lowest BCUT2D eigenvalue weighted by molar-refractivity contribution is 0.146. The Bertz CT molecular complexity index is 875. The summed E-state index contributed by atoms with van der Waals surface area (Å²) in [6.45, 7) is 6.46. The summed E-state index contributed by atoms with van der Waals surface area (Å²) < 4.78 is 0. The molecule has 152 valence electrons. The average Bonchev–Trinajstić information content (AvgIpc) is 3.43. The van der Waals surface area contributed by atoms with Crippen LogP contribution in [0, 0.1) is 0 Å². The number of rotatable bonds is 6. The first-order valence-electron chi connectivity index (χ1n) is 10.8. The van der Waals surface area contributed by atoms with Gasteiger partial charge in [0.1, 0.15) is 0 Å². The first kappa shape index (κ1) is 19.7. The number of urea groups is 1. The normalized spacial score (nSPS) is 24.9. The fourth-order valence-electron chi connectivity index (χ4n) is 4.59. The molecule has 1 aliphatic heterocycles. The Labute approximate surface area is 174 Å². The Morgan fingerprint density at radius 2 is 1.69 bits per heavy atom. The first-order chi connectivity index (χ1) is 14.0. The Kier molecular flexibility index (Phi) is 5.44. The number of benzene rings is 2. The van der Waals surface area contributed by atoms with Gasteiger partial charge in [-0.05, 0) is 44.2 Å². The van der Waals surface area contributed by atoms with Crippen LogP contribution in [0.2, 0.25) is 0 Å². The van der Waals surface area contributed by atoms with Crippen LogP contribution >= 0.6 is 0 Å². The van der Waals surface area contributed by atoms with Gasteiger partial charge in [-0.1, -0.05) is 74.0 Å². The summed E-state index contributed by atoms with van der Waals surface area (Å²) in [7, 11) is 0. The summed E-state index contributed by atoms with van der Waals surface area (Å²) in [5.41, 5.74) is 3.25. The molecule has 2 aromatic rings. The number of nitrogens with one attached hydrogen (secondary N) is 1. The molecule has 0 spiro atoms. The summed E-state index contributed by atoms with van der Waals surface area (Å²) in [6, 6.07) is 21.0. The highest BCUT2D eigenvalue weighted by Crippen LogP contribution is 2.43. The number of unbranched alkanes of at least 4 members (excludes halogenated alkanes) is 1. The molecule has 3 atom stereocenters. The number of hydrogen-bond acceptors (Lipinski definition) is 2. The van der Waals surface area contributed by atoms with E-state index in [2.05, 4.69) is 74.6 Å². The molecule has 4 heteroatoms. The molecule has 1 heterocycles. The van der Waals surface area contributed by atoms with Gasteiger partial charge in [-0.2, -0.15) is 5.10 Å². The molecule has 0 radical (unpaired) electrons. The fraction of sp³-hybridized carbons (Fsp3) is 0.440. The third-order valence-electron chi connectivity index (χ3n) is 6.25. The second-order valence-electron chi connectivity index (χ2n) is 8.81. The zero-order valence-electron chi connectivity index (χ0n) is 17.6. The van der Waals surface area contributed by atoms with Crippen LogP contribution in [0.5, 0.6) is 0 Å². The Morgan fingerprint density at radius 3 is 2.31 bits per heavy atom. The summed E-state index contributed by atoms with van der Waals surface area (Å²) in [4.78, 5) is 13.2. The van der Waals surface area contributed by atoms with E-state index < -0.39 is 5.54 Å². The molecule has 2 aromatic carbocycles. The molecule has 0 saturated heterocycles. The lowest BCUT2D eigenvalue weighted by Gasteiger charge is -2.34. The highest BCUT2D eigenvalue weighted by molar-refractivity contribution is 5.96. The standard InChI is InChI=1S/C25H31N3O/c1-4-5-16-21-23(19-14-10-7-11-15-19)25(2,3)28(27-21)24(29)26-22-17-20(22)18-12-8-6-9-13-18/h6-15,20,22-23H,4-5,16-17H2,1-3H3,(H,26,29). The van der Waals surface area contributed by atoms with Crippen molar-refractivity contribution in [3.63, 3.8) is 0 Å². The van der Waals surface area contributed by atoms with Crippen molar-refractivity contribution in [1.82, 2.24) is 10.3 Å². The molecule has 4 rings (SSSR count). The smallest absolute Gasteiger partial charge is 0.333 e. The van der Waals surface area contributed by atoms with Gasteiger partial charge in [-0.3, -0.25) is 0 Å². The van der Waals surface area contributed by atoms with Crippen molar-refractivity contribution in [1.29, 1.82) is 0 Å². The van der Waals surface area contributed by atoms with Gasteiger partial charge >= 0.3 is 6.03 Å². The van der Waals surface area contributed by atoms with Gasteiger partial charge in [-0.15, -0.1) is 0 Å². The van der Waals surface area contributed by atoms with Gasteiger partial charge in [-0.25, -0.2) is 9.80 Å². The van der Waals surface area contributed by atoms with Crippen LogP contribution in [0.3, 0.4) is 0 Å². The van der Waals surface area contributed by atoms with Crippen molar-refractivity contribution >= 4 is 11.7 Å². The maximum atomic E-state index is 13.2. The molecule has 29 heavy (non-hydrogen) atoms. The van der Waals surface area contributed by atoms with Crippen molar-refractivity contribution in [2.75, 3.05) is 0 Å². The average molecular weight is 390 g/mol. The van der Waals surface area contributed by atoms with Gasteiger partial charge in [0, 0.05) is 23.6 Å². The van der Waals surface area contributed by atoms with Crippen molar-refractivity contribution < 1.29 is 4.79 Å². The van der Waals surface area contributed by atoms with E-state index in [-0.39, 0.29) is 18.0 Å². The van der Waals surface area contributed by atoms with Crippen molar-refractivity contribution in [2.45, 2.75) is 69.9 Å². The highest BCUT2D eigenvalue weighted by Gasteiger charge is 2.49. The molecule has 1 aliphatic carbocycles. The lowest BCUT2D eigenvalue weighted by atomic mass is 9.78. The molecule has 3 unspecified atom stereocenters. The minimum atomic E-state index is -0.397. The third-order valence-corrected chi connectivity index (χ3v) is 6.25. The van der Waals surface area contributed by atoms with Crippen LogP contribution in [0.15, 0.2) is 65.8 Å². The number of amides is 2. The number of hydrazone groups is 1. The molecule has 0 aromatic heterocycles. The molecular formula is C25H31N3O. The predicted molar refractivity (Wildman–Crippen MR) is 118 cm³/mol. The Balaban J connectivity index is 1.52. The van der Waals surface area contributed by atoms with Crippen LogP contribution in [-0.4, -0.2) is 28.3 Å². The molecular weight excluding hydrogens is 358 g/mol. The van der Waals surface area contributed by atoms with E-state index in [4.69, 9.17) is 5.10 Å². The van der Waals surface area contributed by atoms with E-state index in [0.29, 0.717) is 5.92 Å². The fourth-order valence-corrected chi connectivity index (χ4v) is 4.59. The van der Waals surface area contributed by atoms with E-state index in [0.717, 1.165) is 31.4 Å². The van der Waals surface area contributed by atoms with Crippen molar-refractivity contribution in [2.24, 2.45) is 5.10 Å². The van der Waals surface area contributed by atoms with E-state index in [1.807, 2.05) is 12.1 Å². The Hall–Kier alpha value is -2.62. The summed E-state index contributed by atoms with van der Waals surface area (Å²) in [5, 5.41) is 9.79. The van der Waals surface area contributed by atoms with Gasteiger partial charge in [0.15, 0.2) is 0 Å². The minimum absolute atomic E-state index is 0.0779. The van der Waals surface area contributed by atoms with E-state index in [1.54, 1.807) is 5.01 Å². The molecule has 0 bridgehead atoms. The quantitative estimate of drug-likeness (QED) is 0.679. The van der Waals surface area contributed by atoms with Gasteiger partial charge in [0.2, 0.25) is 0 Å². The number of nitrogens with zero attached hydrogens (tertiary/aromatic N) is 2. The van der Waals surface area contributed by atoms with E-state index >= 15 is 0 Å². The number of carbonyl (C=O) groups excluding carboxylic acids is 1. The monoisotopic (exact) mass is 389 g/mol. The predicted octanol–water partition coefficient (Wildman–Crippen LogP) is 5.68. The first-order valence-corrected chi connectivity index (χ1v) is 10.8. The van der Waals surface area contributed by atoms with Crippen molar-refractivity contribution in [3.8, 4) is 0 Å². The highest BCUT2D eigenvalue weighted by atomic mass is 16.2. The molecule has 1 saturated carbocycles. The summed E-state index contributed by atoms with van der Waals surface area (Å²) >= 11 is 0. The number of hydrogen-bond donors (Lipinski definition) is 1. The van der Waals surface area contributed by atoms with E-state index in [9.17, 15) is 4.79 Å². The van der Waals surface area contributed by atoms with Crippen LogP contribution in [0.4, 0.5) is 4.79 Å².